The van der Waals surface area contributed by atoms with Gasteiger partial charge in [-0.3, -0.25) is 4.79 Å². The van der Waals surface area contributed by atoms with Gasteiger partial charge in [-0.05, 0) is 35.8 Å². The molecule has 7 heteroatoms. The Labute approximate surface area is 118 Å². The number of hydrogen-bond donors (Lipinski definition) is 1. The van der Waals surface area contributed by atoms with Gasteiger partial charge in [0.2, 0.25) is 5.91 Å². The molecule has 1 heterocycles. The van der Waals surface area contributed by atoms with E-state index in [-0.39, 0.29) is 5.91 Å². The summed E-state index contributed by atoms with van der Waals surface area (Å²) in [6.45, 7) is 0. The second-order valence-electron chi connectivity index (χ2n) is 3.54. The quantitative estimate of drug-likeness (QED) is 0.856. The van der Waals surface area contributed by atoms with Gasteiger partial charge in [0.05, 0.1) is 11.6 Å². The zero-order valence-corrected chi connectivity index (χ0v) is 11.5. The van der Waals surface area contributed by atoms with Gasteiger partial charge < -0.3 is 5.32 Å². The van der Waals surface area contributed by atoms with Crippen LogP contribution < -0.4 is 5.32 Å². The van der Waals surface area contributed by atoms with Gasteiger partial charge in [-0.1, -0.05) is 11.8 Å². The number of aromatic nitrogens is 2. The highest BCUT2D eigenvalue weighted by Crippen LogP contribution is 2.19. The fraction of sp³-hybridized carbons (Fsp3) is 0.167. The fourth-order valence-corrected chi connectivity index (χ4v) is 2.76. The van der Waals surface area contributed by atoms with Crippen LogP contribution in [0.2, 0.25) is 0 Å². The molecule has 96 valence electrons. The normalized spacial score (nSPS) is 9.84. The van der Waals surface area contributed by atoms with Crippen LogP contribution >= 0.6 is 23.3 Å². The van der Waals surface area contributed by atoms with E-state index < -0.39 is 0 Å². The Morgan fingerprint density at radius 2 is 2.21 bits per heavy atom. The van der Waals surface area contributed by atoms with Gasteiger partial charge in [0.25, 0.3) is 0 Å². The van der Waals surface area contributed by atoms with Crippen molar-refractivity contribution in [2.45, 2.75) is 10.8 Å². The first-order chi connectivity index (χ1) is 9.28. The minimum atomic E-state index is -0.0540. The van der Waals surface area contributed by atoms with E-state index in [1.54, 1.807) is 24.3 Å². The standard InChI is InChI=1S/C12H10N4OS2/c13-7-9-1-3-10(4-2-9)16-11(17)5-6-18-12-14-8-15-19-12/h1-4,8H,5-6H2,(H,16,17). The molecule has 0 spiro atoms. The Morgan fingerprint density at radius 1 is 1.42 bits per heavy atom. The molecule has 0 atom stereocenters. The monoisotopic (exact) mass is 290 g/mol. The van der Waals surface area contributed by atoms with E-state index in [9.17, 15) is 4.79 Å². The lowest BCUT2D eigenvalue weighted by Gasteiger charge is -2.04. The summed E-state index contributed by atoms with van der Waals surface area (Å²) in [6, 6.07) is 8.81. The molecule has 0 saturated heterocycles. The van der Waals surface area contributed by atoms with Crippen molar-refractivity contribution < 1.29 is 4.79 Å². The largest absolute Gasteiger partial charge is 0.326 e. The van der Waals surface area contributed by atoms with Crippen LogP contribution in [0.15, 0.2) is 34.9 Å². The Bertz CT molecular complexity index is 575. The summed E-state index contributed by atoms with van der Waals surface area (Å²) in [5.41, 5.74) is 1.27. The van der Waals surface area contributed by atoms with Crippen molar-refractivity contribution in [3.05, 3.63) is 36.2 Å². The van der Waals surface area contributed by atoms with Crippen LogP contribution in [0.3, 0.4) is 0 Å². The number of benzene rings is 1. The van der Waals surface area contributed by atoms with Crippen LogP contribution in [0.25, 0.3) is 0 Å². The predicted molar refractivity (Wildman–Crippen MR) is 75.0 cm³/mol. The van der Waals surface area contributed by atoms with Gasteiger partial charge in [0.1, 0.15) is 6.33 Å². The summed E-state index contributed by atoms with van der Waals surface area (Å²) in [4.78, 5) is 15.7. The van der Waals surface area contributed by atoms with Gasteiger partial charge in [0, 0.05) is 17.9 Å². The molecule has 0 saturated carbocycles. The molecule has 0 aliphatic carbocycles. The lowest BCUT2D eigenvalue weighted by molar-refractivity contribution is -0.115. The number of thioether (sulfide) groups is 1. The Balaban J connectivity index is 1.76. The van der Waals surface area contributed by atoms with Gasteiger partial charge in [-0.25, -0.2) is 4.98 Å². The summed E-state index contributed by atoms with van der Waals surface area (Å²) >= 11 is 2.84. The molecule has 0 aliphatic heterocycles. The minimum absolute atomic E-state index is 0.0540. The molecule has 1 N–H and O–H groups in total. The molecule has 19 heavy (non-hydrogen) atoms. The van der Waals surface area contributed by atoms with E-state index >= 15 is 0 Å². The fourth-order valence-electron chi connectivity index (χ4n) is 1.31. The third-order valence-corrected chi connectivity index (χ3v) is 3.99. The van der Waals surface area contributed by atoms with E-state index in [0.29, 0.717) is 23.4 Å². The first-order valence-corrected chi connectivity index (χ1v) is 7.23. The molecule has 5 nitrogen and oxygen atoms in total. The number of carbonyl (C=O) groups excluding carboxylic acids is 1. The number of nitriles is 1. The van der Waals surface area contributed by atoms with E-state index in [0.717, 1.165) is 4.34 Å². The van der Waals surface area contributed by atoms with Gasteiger partial charge in [-0.15, -0.1) is 0 Å². The second kappa shape index (κ2) is 6.87. The maximum atomic E-state index is 11.7. The first kappa shape index (κ1) is 13.5. The van der Waals surface area contributed by atoms with Crippen molar-refractivity contribution in [2.24, 2.45) is 0 Å². The smallest absolute Gasteiger partial charge is 0.225 e. The molecule has 0 unspecified atom stereocenters. The summed E-state index contributed by atoms with van der Waals surface area (Å²) in [5, 5.41) is 11.4. The molecule has 2 aromatic rings. The minimum Gasteiger partial charge on any atom is -0.326 e. The Hall–Kier alpha value is -1.91. The molecule has 0 fully saturated rings. The summed E-state index contributed by atoms with van der Waals surface area (Å²) in [7, 11) is 0. The summed E-state index contributed by atoms with van der Waals surface area (Å²) in [6.07, 6.45) is 1.91. The van der Waals surface area contributed by atoms with E-state index in [1.165, 1.54) is 29.6 Å². The molecule has 1 aromatic carbocycles. The zero-order chi connectivity index (χ0) is 13.5. The number of anilines is 1. The molecule has 0 bridgehead atoms. The highest BCUT2D eigenvalue weighted by Gasteiger charge is 2.04. The molecular weight excluding hydrogens is 280 g/mol. The van der Waals surface area contributed by atoms with E-state index in [1.807, 2.05) is 6.07 Å². The number of nitrogens with one attached hydrogen (secondary N) is 1. The van der Waals surface area contributed by atoms with E-state index in [4.69, 9.17) is 5.26 Å². The van der Waals surface area contributed by atoms with Crippen LogP contribution in [0.5, 0.6) is 0 Å². The summed E-state index contributed by atoms with van der Waals surface area (Å²) in [5.74, 6) is 0.610. The molecular formula is C12H10N4OS2. The lowest BCUT2D eigenvalue weighted by atomic mass is 10.2. The van der Waals surface area contributed by atoms with Crippen LogP contribution in [0.4, 0.5) is 5.69 Å². The average molecular weight is 290 g/mol. The van der Waals surface area contributed by atoms with Gasteiger partial charge in [-0.2, -0.15) is 9.64 Å². The summed E-state index contributed by atoms with van der Waals surface area (Å²) < 4.78 is 4.75. The lowest BCUT2D eigenvalue weighted by Crippen LogP contribution is -2.12. The Kier molecular flexibility index (Phi) is 4.89. The van der Waals surface area contributed by atoms with Crippen molar-refractivity contribution >= 4 is 34.9 Å². The molecule has 0 radical (unpaired) electrons. The highest BCUT2D eigenvalue weighted by atomic mass is 32.2. The van der Waals surface area contributed by atoms with Gasteiger partial charge in [0.15, 0.2) is 4.34 Å². The molecule has 0 aliphatic rings. The van der Waals surface area contributed by atoms with Crippen molar-refractivity contribution in [1.29, 1.82) is 5.26 Å². The average Bonchev–Trinajstić information content (AvgIpc) is 2.93. The number of nitrogens with zero attached hydrogens (tertiary/aromatic N) is 3. The van der Waals surface area contributed by atoms with Crippen LogP contribution in [-0.4, -0.2) is 21.0 Å². The zero-order valence-electron chi connectivity index (χ0n) is 9.87. The van der Waals surface area contributed by atoms with Crippen molar-refractivity contribution in [3.8, 4) is 6.07 Å². The third-order valence-electron chi connectivity index (χ3n) is 2.19. The van der Waals surface area contributed by atoms with E-state index in [2.05, 4.69) is 14.7 Å². The SMILES string of the molecule is N#Cc1ccc(NC(=O)CCSc2ncns2)cc1. The van der Waals surface area contributed by atoms with Crippen molar-refractivity contribution in [3.63, 3.8) is 0 Å². The first-order valence-electron chi connectivity index (χ1n) is 5.47. The van der Waals surface area contributed by atoms with Crippen LogP contribution in [0, 0.1) is 11.3 Å². The van der Waals surface area contributed by atoms with Gasteiger partial charge >= 0.3 is 0 Å². The number of hydrogen-bond acceptors (Lipinski definition) is 6. The molecule has 2 rings (SSSR count). The topological polar surface area (TPSA) is 78.7 Å². The maximum Gasteiger partial charge on any atom is 0.225 e. The van der Waals surface area contributed by atoms with Crippen molar-refractivity contribution in [1.82, 2.24) is 9.36 Å². The van der Waals surface area contributed by atoms with Crippen LogP contribution in [-0.2, 0) is 4.79 Å². The second-order valence-corrected chi connectivity index (χ2v) is 5.67. The Morgan fingerprint density at radius 3 is 2.84 bits per heavy atom. The number of rotatable bonds is 5. The molecule has 1 aromatic heterocycles. The number of carbonyl (C=O) groups is 1. The van der Waals surface area contributed by atoms with Crippen molar-refractivity contribution in [2.75, 3.05) is 11.1 Å². The molecule has 1 amide bonds. The maximum absolute atomic E-state index is 11.7. The highest BCUT2D eigenvalue weighted by molar-refractivity contribution is 8.00. The third kappa shape index (κ3) is 4.35. The predicted octanol–water partition coefficient (Wildman–Crippen LogP) is 2.53. The number of amides is 1. The van der Waals surface area contributed by atoms with Crippen LogP contribution in [0.1, 0.15) is 12.0 Å².